The second-order valence-electron chi connectivity index (χ2n) is 7.27. The van der Waals surface area contributed by atoms with E-state index in [-0.39, 0.29) is 24.5 Å². The molecule has 1 saturated heterocycles. The van der Waals surface area contributed by atoms with Crippen LogP contribution in [0.1, 0.15) is 20.3 Å². The van der Waals surface area contributed by atoms with Gasteiger partial charge < -0.3 is 25.0 Å². The normalized spacial score (nSPS) is 25.3. The number of carbonyl (C=O) groups is 1. The maximum absolute atomic E-state index is 13.5. The van der Waals surface area contributed by atoms with Crippen LogP contribution in [0.5, 0.6) is 5.75 Å². The van der Waals surface area contributed by atoms with Crippen LogP contribution in [0.3, 0.4) is 0 Å². The number of thioether (sulfide) groups is 1. The van der Waals surface area contributed by atoms with Crippen molar-refractivity contribution >= 4 is 37.8 Å². The van der Waals surface area contributed by atoms with Crippen LogP contribution < -0.4 is 15.3 Å². The molecule has 0 spiro atoms. The first kappa shape index (κ1) is 25.3. The summed E-state index contributed by atoms with van der Waals surface area (Å²) in [6.45, 7) is 7.13. The van der Waals surface area contributed by atoms with Gasteiger partial charge in [0.15, 0.2) is 0 Å². The molecular weight excluding hydrogens is 469 g/mol. The highest BCUT2D eigenvalue weighted by Gasteiger charge is 2.40. The monoisotopic (exact) mass is 497 g/mol. The zero-order valence-electron chi connectivity index (χ0n) is 18.4. The summed E-state index contributed by atoms with van der Waals surface area (Å²) in [6, 6.07) is 7.53. The Labute approximate surface area is 196 Å². The van der Waals surface area contributed by atoms with Crippen LogP contribution in [0.2, 0.25) is 0 Å². The van der Waals surface area contributed by atoms with E-state index in [0.717, 1.165) is 0 Å². The van der Waals surface area contributed by atoms with Crippen LogP contribution in [-0.2, 0) is 18.6 Å². The molecule has 0 aliphatic carbocycles. The number of aliphatic hydroxyl groups is 1. The van der Waals surface area contributed by atoms with Crippen molar-refractivity contribution in [3.8, 4) is 5.75 Å². The topological polar surface area (TPSA) is 148 Å². The lowest BCUT2D eigenvalue weighted by molar-refractivity contribution is -0.144. The third-order valence-corrected chi connectivity index (χ3v) is 7.92. The molecule has 0 radical (unpaired) electrons. The minimum atomic E-state index is -4.00. The largest absolute Gasteiger partial charge is 0.465 e. The van der Waals surface area contributed by atoms with Gasteiger partial charge in [-0.2, -0.15) is 10.1 Å². The smallest absolute Gasteiger partial charge is 0.459 e. The van der Waals surface area contributed by atoms with Crippen LogP contribution in [-0.4, -0.2) is 64.3 Å². The van der Waals surface area contributed by atoms with E-state index >= 15 is 0 Å². The molecule has 0 bridgehead atoms. The van der Waals surface area contributed by atoms with Crippen molar-refractivity contribution in [2.75, 3.05) is 13.2 Å². The number of hydrogen-bond donors (Lipinski definition) is 3. The van der Waals surface area contributed by atoms with Gasteiger partial charge in [0.05, 0.1) is 29.9 Å². The predicted molar refractivity (Wildman–Crippen MR) is 127 cm³/mol. The lowest BCUT2D eigenvalue weighted by atomic mass is 10.2. The highest BCUT2D eigenvalue weighted by molar-refractivity contribution is 8.00. The van der Waals surface area contributed by atoms with Crippen molar-refractivity contribution in [3.63, 3.8) is 0 Å². The Bertz CT molecular complexity index is 962. The summed E-state index contributed by atoms with van der Waals surface area (Å²) >= 11 is 1.40. The van der Waals surface area contributed by atoms with E-state index in [1.807, 2.05) is 0 Å². The van der Waals surface area contributed by atoms with E-state index in [9.17, 15) is 14.5 Å². The summed E-state index contributed by atoms with van der Waals surface area (Å²) < 4.78 is 29.8. The Morgan fingerprint density at radius 3 is 2.85 bits per heavy atom. The molecule has 2 aliphatic heterocycles. The molecule has 1 unspecified atom stereocenters. The van der Waals surface area contributed by atoms with Crippen molar-refractivity contribution in [3.05, 3.63) is 42.7 Å². The number of nitrogens with two attached hydrogens (primary N) is 1. The first-order valence-electron chi connectivity index (χ1n) is 10.3. The molecule has 2 heterocycles. The molecule has 1 aromatic carbocycles. The van der Waals surface area contributed by atoms with Crippen molar-refractivity contribution < 1.29 is 28.3 Å². The fourth-order valence-electron chi connectivity index (χ4n) is 3.12. The Morgan fingerprint density at radius 1 is 1.45 bits per heavy atom. The number of guanidine groups is 1. The van der Waals surface area contributed by atoms with Gasteiger partial charge >= 0.3 is 13.7 Å². The molecule has 1 aromatic rings. The average Bonchev–Trinajstić information content (AvgIpc) is 3.13. The first-order chi connectivity index (χ1) is 15.7. The molecule has 0 aromatic heterocycles. The van der Waals surface area contributed by atoms with Gasteiger partial charge in [-0.05, 0) is 26.0 Å². The number of ether oxygens (including phenoxy) is 1. The highest BCUT2D eigenvalue weighted by Crippen LogP contribution is 2.47. The van der Waals surface area contributed by atoms with Gasteiger partial charge in [-0.15, -0.1) is 11.8 Å². The second-order valence-corrected chi connectivity index (χ2v) is 10.4. The van der Waals surface area contributed by atoms with Crippen LogP contribution in [0.15, 0.2) is 52.7 Å². The summed E-state index contributed by atoms with van der Waals surface area (Å²) in [6.07, 6.45) is 1.15. The molecule has 33 heavy (non-hydrogen) atoms. The molecule has 2 aliphatic rings. The standard InChI is InChI=1S/C20H28N5O6PS/c1-4-29-19(27)13(2)24-32(28,31-15-8-6-5-7-9-15)30-11-17-16(26)10-18(33-17)25-12-22-20(21)23-14(25)3/h5-9,12-13,16-18,26H,3-4,10-11H2,1-2H3,(H2,21,23)(H,24,28)/t13-,16+,17+,18+,32?/m0/s1. The van der Waals surface area contributed by atoms with E-state index in [2.05, 4.69) is 21.7 Å². The number of rotatable bonds is 10. The molecule has 11 nitrogen and oxygen atoms in total. The number of nitrogens with one attached hydrogen (secondary N) is 1. The summed E-state index contributed by atoms with van der Waals surface area (Å²) in [5.74, 6) is 0.242. The van der Waals surface area contributed by atoms with Crippen molar-refractivity contribution in [1.82, 2.24) is 9.99 Å². The molecule has 4 N–H and O–H groups in total. The average molecular weight is 498 g/mol. The molecule has 5 atom stereocenters. The number of aliphatic hydroxyl groups excluding tert-OH is 1. The zero-order valence-corrected chi connectivity index (χ0v) is 20.1. The SMILES string of the molecule is C=C1N=C(N)N=CN1[C@H]1C[C@@H](O)[C@@H](COP(=O)(N[C@@H](C)C(=O)OCC)Oc2ccccc2)S1. The van der Waals surface area contributed by atoms with Crippen LogP contribution in [0.4, 0.5) is 0 Å². The van der Waals surface area contributed by atoms with E-state index < -0.39 is 31.1 Å². The van der Waals surface area contributed by atoms with Crippen LogP contribution >= 0.6 is 19.5 Å². The number of carbonyl (C=O) groups excluding carboxylic acids is 1. The second kappa shape index (κ2) is 11.2. The number of hydrogen-bond acceptors (Lipinski definition) is 11. The Balaban J connectivity index is 1.67. The number of benzene rings is 1. The lowest BCUT2D eigenvalue weighted by Crippen LogP contribution is -2.36. The van der Waals surface area contributed by atoms with E-state index in [0.29, 0.717) is 18.0 Å². The fourth-order valence-corrected chi connectivity index (χ4v) is 6.20. The van der Waals surface area contributed by atoms with Gasteiger partial charge in [-0.3, -0.25) is 9.32 Å². The Morgan fingerprint density at radius 2 is 2.18 bits per heavy atom. The van der Waals surface area contributed by atoms with Crippen LogP contribution in [0, 0.1) is 0 Å². The van der Waals surface area contributed by atoms with Crippen molar-refractivity contribution in [2.45, 2.75) is 43.0 Å². The molecular formula is C20H28N5O6PS. The van der Waals surface area contributed by atoms with E-state index in [1.165, 1.54) is 25.0 Å². The predicted octanol–water partition coefficient (Wildman–Crippen LogP) is 2.05. The van der Waals surface area contributed by atoms with Gasteiger partial charge in [0.2, 0.25) is 5.96 Å². The third-order valence-electron chi connectivity index (χ3n) is 4.74. The Hall–Kier alpha value is -2.37. The van der Waals surface area contributed by atoms with Gasteiger partial charge in [0, 0.05) is 6.42 Å². The fraction of sp³-hybridized carbons (Fsp3) is 0.450. The van der Waals surface area contributed by atoms with Gasteiger partial charge in [0.25, 0.3) is 0 Å². The number of esters is 1. The quantitative estimate of drug-likeness (QED) is 0.324. The summed E-state index contributed by atoms with van der Waals surface area (Å²) in [5.41, 5.74) is 5.58. The van der Waals surface area contributed by atoms with Crippen molar-refractivity contribution in [1.29, 1.82) is 0 Å². The minimum absolute atomic E-state index is 0.0993. The maximum atomic E-state index is 13.5. The summed E-state index contributed by atoms with van der Waals surface area (Å²) in [4.78, 5) is 21.8. The summed E-state index contributed by atoms with van der Waals surface area (Å²) in [7, 11) is -4.00. The highest BCUT2D eigenvalue weighted by atomic mass is 32.2. The number of nitrogens with zero attached hydrogens (tertiary/aromatic N) is 3. The molecule has 3 rings (SSSR count). The van der Waals surface area contributed by atoms with Gasteiger partial charge in [-0.25, -0.2) is 9.56 Å². The number of para-hydroxylation sites is 1. The van der Waals surface area contributed by atoms with E-state index in [4.69, 9.17) is 19.5 Å². The molecule has 1 fully saturated rings. The molecule has 0 amide bonds. The zero-order chi connectivity index (χ0) is 24.0. The maximum Gasteiger partial charge on any atom is 0.459 e. The molecule has 180 valence electrons. The van der Waals surface area contributed by atoms with Crippen LogP contribution in [0.25, 0.3) is 0 Å². The van der Waals surface area contributed by atoms with Gasteiger partial charge in [-0.1, -0.05) is 24.8 Å². The van der Waals surface area contributed by atoms with E-state index in [1.54, 1.807) is 42.2 Å². The molecule has 13 heteroatoms. The lowest BCUT2D eigenvalue weighted by Gasteiger charge is -2.27. The minimum Gasteiger partial charge on any atom is -0.465 e. The third kappa shape index (κ3) is 6.81. The summed E-state index contributed by atoms with van der Waals surface area (Å²) in [5, 5.41) is 12.6. The molecule has 0 saturated carbocycles. The Kier molecular flexibility index (Phi) is 8.55. The van der Waals surface area contributed by atoms with Gasteiger partial charge in [0.1, 0.15) is 24.0 Å². The number of aliphatic imine (C=N–C) groups is 2. The first-order valence-corrected chi connectivity index (χ1v) is 12.8. The van der Waals surface area contributed by atoms with Crippen molar-refractivity contribution in [2.24, 2.45) is 15.7 Å².